The highest BCUT2D eigenvalue weighted by Gasteiger charge is 2.31. The van der Waals surface area contributed by atoms with Gasteiger partial charge in [0.1, 0.15) is 0 Å². The SMILES string of the molecule is CCCc1noc2nc(C3CC3)cc(C(=O)N3CCNC(C)C3)c12.Cl. The molecule has 0 bridgehead atoms. The third-order valence-corrected chi connectivity index (χ3v) is 4.91. The number of halogens is 1. The summed E-state index contributed by atoms with van der Waals surface area (Å²) in [5.74, 6) is 0.556. The molecule has 0 aromatic carbocycles. The van der Waals surface area contributed by atoms with Crippen molar-refractivity contribution in [3.63, 3.8) is 0 Å². The van der Waals surface area contributed by atoms with Gasteiger partial charge in [-0.15, -0.1) is 12.4 Å². The van der Waals surface area contributed by atoms with E-state index in [2.05, 4.69) is 29.3 Å². The molecule has 136 valence electrons. The number of amides is 1. The van der Waals surface area contributed by atoms with Crippen molar-refractivity contribution >= 4 is 29.4 Å². The second kappa shape index (κ2) is 7.30. The van der Waals surface area contributed by atoms with Crippen molar-refractivity contribution in [3.05, 3.63) is 23.0 Å². The molecule has 1 unspecified atom stereocenters. The van der Waals surface area contributed by atoms with Crippen LogP contribution in [0.4, 0.5) is 0 Å². The Hall–Kier alpha value is -1.66. The lowest BCUT2D eigenvalue weighted by molar-refractivity contribution is 0.0711. The molecule has 4 rings (SSSR count). The van der Waals surface area contributed by atoms with Crippen LogP contribution in [0.2, 0.25) is 0 Å². The largest absolute Gasteiger partial charge is 0.336 e. The number of aromatic nitrogens is 2. The second-order valence-corrected chi connectivity index (χ2v) is 7.03. The fraction of sp³-hybridized carbons (Fsp3) is 0.611. The van der Waals surface area contributed by atoms with Crippen LogP contribution in [0.25, 0.3) is 11.1 Å². The Morgan fingerprint density at radius 2 is 2.24 bits per heavy atom. The maximum atomic E-state index is 13.2. The van der Waals surface area contributed by atoms with E-state index in [-0.39, 0.29) is 18.3 Å². The molecular weight excluding hydrogens is 340 g/mol. The number of piperazine rings is 1. The molecule has 1 saturated heterocycles. The quantitative estimate of drug-likeness (QED) is 0.903. The standard InChI is InChI=1S/C18H24N4O2.ClH/c1-3-4-14-16-13(18(23)22-8-7-19-11(2)10-22)9-15(12-5-6-12)20-17(16)24-21-14;/h9,11-12,19H,3-8,10H2,1-2H3;1H. The second-order valence-electron chi connectivity index (χ2n) is 7.03. The first-order valence-electron chi connectivity index (χ1n) is 8.99. The van der Waals surface area contributed by atoms with Crippen molar-refractivity contribution in [1.29, 1.82) is 0 Å². The van der Waals surface area contributed by atoms with Gasteiger partial charge >= 0.3 is 0 Å². The summed E-state index contributed by atoms with van der Waals surface area (Å²) in [5, 5.41) is 8.39. The van der Waals surface area contributed by atoms with E-state index in [1.54, 1.807) is 0 Å². The molecule has 3 heterocycles. The molecule has 1 N–H and O–H groups in total. The summed E-state index contributed by atoms with van der Waals surface area (Å²) >= 11 is 0. The molecule has 25 heavy (non-hydrogen) atoms. The molecular formula is C18H25ClN4O2. The summed E-state index contributed by atoms with van der Waals surface area (Å²) < 4.78 is 5.48. The van der Waals surface area contributed by atoms with Crippen LogP contribution in [0.5, 0.6) is 0 Å². The van der Waals surface area contributed by atoms with Crippen LogP contribution in [-0.4, -0.2) is 46.6 Å². The van der Waals surface area contributed by atoms with E-state index in [0.29, 0.717) is 17.7 Å². The minimum Gasteiger partial charge on any atom is -0.336 e. The summed E-state index contributed by atoms with van der Waals surface area (Å²) in [6.07, 6.45) is 4.06. The number of nitrogens with zero attached hydrogens (tertiary/aromatic N) is 3. The number of fused-ring (bicyclic) bond motifs is 1. The zero-order valence-corrected chi connectivity index (χ0v) is 15.6. The molecule has 6 nitrogen and oxygen atoms in total. The summed E-state index contributed by atoms with van der Waals surface area (Å²) in [6, 6.07) is 2.31. The van der Waals surface area contributed by atoms with Crippen LogP contribution in [0, 0.1) is 0 Å². The highest BCUT2D eigenvalue weighted by atomic mass is 35.5. The maximum absolute atomic E-state index is 13.2. The van der Waals surface area contributed by atoms with Gasteiger partial charge in [-0.25, -0.2) is 4.98 Å². The molecule has 1 amide bonds. The Balaban J connectivity index is 0.00000182. The van der Waals surface area contributed by atoms with Crippen LogP contribution >= 0.6 is 12.4 Å². The number of aryl methyl sites for hydroxylation is 1. The Labute approximate surface area is 153 Å². The van der Waals surface area contributed by atoms with Gasteiger partial charge in [-0.1, -0.05) is 18.5 Å². The molecule has 2 aliphatic rings. The van der Waals surface area contributed by atoms with Crippen LogP contribution in [0.1, 0.15) is 60.8 Å². The van der Waals surface area contributed by atoms with Gasteiger partial charge < -0.3 is 14.7 Å². The predicted octanol–water partition coefficient (Wildman–Crippen LogP) is 2.91. The Kier molecular flexibility index (Phi) is 5.29. The third kappa shape index (κ3) is 3.51. The van der Waals surface area contributed by atoms with E-state index >= 15 is 0 Å². The first-order valence-corrected chi connectivity index (χ1v) is 8.99. The first kappa shape index (κ1) is 18.1. The van der Waals surface area contributed by atoms with Gasteiger partial charge in [-0.2, -0.15) is 0 Å². The average Bonchev–Trinajstić information content (AvgIpc) is 3.36. The molecule has 7 heteroatoms. The summed E-state index contributed by atoms with van der Waals surface area (Å²) in [5.41, 5.74) is 3.08. The number of hydrogen-bond acceptors (Lipinski definition) is 5. The van der Waals surface area contributed by atoms with E-state index in [4.69, 9.17) is 4.52 Å². The van der Waals surface area contributed by atoms with Crippen molar-refractivity contribution < 1.29 is 9.32 Å². The van der Waals surface area contributed by atoms with Crippen LogP contribution < -0.4 is 5.32 Å². The van der Waals surface area contributed by atoms with E-state index in [1.165, 1.54) is 0 Å². The van der Waals surface area contributed by atoms with E-state index in [1.807, 2.05) is 11.0 Å². The van der Waals surface area contributed by atoms with Gasteiger partial charge in [0.25, 0.3) is 11.6 Å². The number of nitrogens with one attached hydrogen (secondary N) is 1. The number of carbonyl (C=O) groups excluding carboxylic acids is 1. The fourth-order valence-corrected chi connectivity index (χ4v) is 3.48. The summed E-state index contributed by atoms with van der Waals surface area (Å²) in [7, 11) is 0. The highest BCUT2D eigenvalue weighted by molar-refractivity contribution is 6.06. The topological polar surface area (TPSA) is 71.3 Å². The lowest BCUT2D eigenvalue weighted by atomic mass is 10.0. The predicted molar refractivity (Wildman–Crippen MR) is 98.4 cm³/mol. The smallest absolute Gasteiger partial charge is 0.259 e. The molecule has 2 aromatic rings. The van der Waals surface area contributed by atoms with E-state index in [9.17, 15) is 4.79 Å². The number of rotatable bonds is 4. The minimum absolute atomic E-state index is 0. The number of carbonyl (C=O) groups is 1. The minimum atomic E-state index is 0. The molecule has 0 spiro atoms. The zero-order valence-electron chi connectivity index (χ0n) is 14.7. The Bertz CT molecular complexity index is 772. The maximum Gasteiger partial charge on any atom is 0.259 e. The fourth-order valence-electron chi connectivity index (χ4n) is 3.48. The molecule has 1 saturated carbocycles. The Morgan fingerprint density at radius 1 is 1.44 bits per heavy atom. The van der Waals surface area contributed by atoms with Gasteiger partial charge in [0, 0.05) is 37.3 Å². The van der Waals surface area contributed by atoms with Crippen molar-refractivity contribution in [2.75, 3.05) is 19.6 Å². The Morgan fingerprint density at radius 3 is 2.92 bits per heavy atom. The monoisotopic (exact) mass is 364 g/mol. The van der Waals surface area contributed by atoms with Gasteiger partial charge in [0.15, 0.2) is 0 Å². The average molecular weight is 365 g/mol. The molecule has 1 atom stereocenters. The van der Waals surface area contributed by atoms with E-state index in [0.717, 1.165) is 67.7 Å². The van der Waals surface area contributed by atoms with Crippen LogP contribution in [0.15, 0.2) is 10.6 Å². The van der Waals surface area contributed by atoms with Gasteiger partial charge in [-0.3, -0.25) is 4.79 Å². The summed E-state index contributed by atoms with van der Waals surface area (Å²) in [4.78, 5) is 19.8. The van der Waals surface area contributed by atoms with Crippen LogP contribution in [0.3, 0.4) is 0 Å². The molecule has 0 radical (unpaired) electrons. The number of hydrogen-bond donors (Lipinski definition) is 1. The molecule has 1 aliphatic heterocycles. The number of pyridine rings is 1. The zero-order chi connectivity index (χ0) is 16.7. The van der Waals surface area contributed by atoms with Gasteiger partial charge in [0.2, 0.25) is 0 Å². The normalized spacial score (nSPS) is 20.6. The van der Waals surface area contributed by atoms with Gasteiger partial charge in [0.05, 0.1) is 16.6 Å². The van der Waals surface area contributed by atoms with Crippen molar-refractivity contribution in [3.8, 4) is 0 Å². The summed E-state index contributed by atoms with van der Waals surface area (Å²) in [6.45, 7) is 6.52. The lowest BCUT2D eigenvalue weighted by Gasteiger charge is -2.32. The van der Waals surface area contributed by atoms with Crippen molar-refractivity contribution in [2.45, 2.75) is 51.5 Å². The first-order chi connectivity index (χ1) is 11.7. The van der Waals surface area contributed by atoms with E-state index < -0.39 is 0 Å². The van der Waals surface area contributed by atoms with Crippen LogP contribution in [-0.2, 0) is 6.42 Å². The molecule has 2 fully saturated rings. The van der Waals surface area contributed by atoms with Crippen molar-refractivity contribution in [1.82, 2.24) is 20.4 Å². The van der Waals surface area contributed by atoms with Gasteiger partial charge in [-0.05, 0) is 32.3 Å². The highest BCUT2D eigenvalue weighted by Crippen LogP contribution is 2.40. The molecule has 2 aromatic heterocycles. The van der Waals surface area contributed by atoms with Crippen molar-refractivity contribution in [2.24, 2.45) is 0 Å². The third-order valence-electron chi connectivity index (χ3n) is 4.91. The molecule has 1 aliphatic carbocycles. The lowest BCUT2D eigenvalue weighted by Crippen LogP contribution is -2.51.